The molecular weight excluding hydrogens is 562 g/mol. The monoisotopic (exact) mass is 593 g/mol. The molecule has 220 valence electrons. The van der Waals surface area contributed by atoms with Crippen LogP contribution in [0.5, 0.6) is 0 Å². The SMILES string of the molecule is CC1(C)c2ccccc2N(c2ccc3c4ccccc4n(-c4ccccn4)c3c2)c2cc(-c3nccn3-c3ccccc3)ccc21. The molecule has 0 bridgehead atoms. The van der Waals surface area contributed by atoms with Gasteiger partial charge in [0.15, 0.2) is 0 Å². The van der Waals surface area contributed by atoms with Crippen molar-refractivity contribution in [3.63, 3.8) is 0 Å². The van der Waals surface area contributed by atoms with Gasteiger partial charge in [-0.1, -0.05) is 92.7 Å². The van der Waals surface area contributed by atoms with Crippen LogP contribution in [0.4, 0.5) is 17.1 Å². The van der Waals surface area contributed by atoms with Gasteiger partial charge in [-0.2, -0.15) is 0 Å². The highest BCUT2D eigenvalue weighted by molar-refractivity contribution is 6.10. The Hall–Kier alpha value is -5.94. The minimum Gasteiger partial charge on any atom is -0.310 e. The van der Waals surface area contributed by atoms with Crippen molar-refractivity contribution in [1.82, 2.24) is 19.1 Å². The van der Waals surface area contributed by atoms with E-state index in [2.05, 4.69) is 143 Å². The quantitative estimate of drug-likeness (QED) is 0.204. The smallest absolute Gasteiger partial charge is 0.144 e. The van der Waals surface area contributed by atoms with Crippen molar-refractivity contribution in [3.05, 3.63) is 163 Å². The van der Waals surface area contributed by atoms with Crippen LogP contribution >= 0.6 is 0 Å². The lowest BCUT2D eigenvalue weighted by atomic mass is 9.73. The van der Waals surface area contributed by atoms with Crippen LogP contribution in [0.3, 0.4) is 0 Å². The fraction of sp³-hybridized carbons (Fsp3) is 0.0732. The standard InChI is InChI=1S/C41H31N5/c1-41(2)33-15-7-9-17-36(33)45(38-26-28(19-22-34(38)41)40-43-24-25-44(40)29-12-4-3-5-13-29)30-20-21-32-31-14-6-8-16-35(31)46(37(32)27-30)39-18-10-11-23-42-39/h3-27H,1-2H3. The normalized spacial score (nSPS) is 13.6. The average Bonchev–Trinajstić information content (AvgIpc) is 3.72. The Morgan fingerprint density at radius 2 is 1.30 bits per heavy atom. The molecule has 0 atom stereocenters. The molecule has 0 N–H and O–H groups in total. The summed E-state index contributed by atoms with van der Waals surface area (Å²) in [7, 11) is 0. The van der Waals surface area contributed by atoms with Crippen molar-refractivity contribution in [1.29, 1.82) is 0 Å². The summed E-state index contributed by atoms with van der Waals surface area (Å²) in [6.45, 7) is 4.66. The second-order valence-electron chi connectivity index (χ2n) is 12.4. The Morgan fingerprint density at radius 3 is 2.17 bits per heavy atom. The Labute approximate surface area is 267 Å². The summed E-state index contributed by atoms with van der Waals surface area (Å²) >= 11 is 0. The number of aromatic nitrogens is 4. The third-order valence-electron chi connectivity index (χ3n) is 9.46. The molecule has 1 aliphatic heterocycles. The molecule has 1 aliphatic rings. The van der Waals surface area contributed by atoms with Crippen LogP contribution in [0, 0.1) is 0 Å². The second-order valence-corrected chi connectivity index (χ2v) is 12.4. The van der Waals surface area contributed by atoms with Crippen molar-refractivity contribution >= 4 is 38.9 Å². The summed E-state index contributed by atoms with van der Waals surface area (Å²) in [5, 5.41) is 2.42. The van der Waals surface area contributed by atoms with E-state index < -0.39 is 0 Å². The number of fused-ring (bicyclic) bond motifs is 5. The number of hydrogen-bond donors (Lipinski definition) is 0. The molecule has 0 fully saturated rings. The number of pyridine rings is 1. The average molecular weight is 594 g/mol. The molecule has 3 aromatic heterocycles. The predicted molar refractivity (Wildman–Crippen MR) is 188 cm³/mol. The van der Waals surface area contributed by atoms with Crippen LogP contribution in [-0.2, 0) is 5.41 Å². The lowest BCUT2D eigenvalue weighted by Crippen LogP contribution is -2.30. The van der Waals surface area contributed by atoms with E-state index in [1.807, 2.05) is 36.8 Å². The second kappa shape index (κ2) is 10.0. The Bertz CT molecular complexity index is 2400. The lowest BCUT2D eigenvalue weighted by molar-refractivity contribution is 0.632. The number of imidazole rings is 1. The number of benzene rings is 5. The fourth-order valence-corrected chi connectivity index (χ4v) is 7.28. The Kier molecular flexibility index (Phi) is 5.78. The van der Waals surface area contributed by atoms with Crippen LogP contribution in [0.15, 0.2) is 152 Å². The highest BCUT2D eigenvalue weighted by Gasteiger charge is 2.37. The van der Waals surface area contributed by atoms with Gasteiger partial charge in [0.2, 0.25) is 0 Å². The van der Waals surface area contributed by atoms with Gasteiger partial charge in [-0.05, 0) is 65.7 Å². The first-order valence-corrected chi connectivity index (χ1v) is 15.7. The zero-order chi connectivity index (χ0) is 30.8. The summed E-state index contributed by atoms with van der Waals surface area (Å²) in [6, 6.07) is 47.6. The van der Waals surface area contributed by atoms with Crippen molar-refractivity contribution in [2.24, 2.45) is 0 Å². The largest absolute Gasteiger partial charge is 0.310 e. The summed E-state index contributed by atoms with van der Waals surface area (Å²) in [4.78, 5) is 12.0. The van der Waals surface area contributed by atoms with Crippen LogP contribution in [0.2, 0.25) is 0 Å². The van der Waals surface area contributed by atoms with Gasteiger partial charge in [0, 0.05) is 51.7 Å². The Morgan fingerprint density at radius 1 is 0.543 bits per heavy atom. The zero-order valence-electron chi connectivity index (χ0n) is 25.7. The molecule has 0 radical (unpaired) electrons. The highest BCUT2D eigenvalue weighted by Crippen LogP contribution is 2.53. The maximum Gasteiger partial charge on any atom is 0.144 e. The van der Waals surface area contributed by atoms with E-state index in [1.165, 1.54) is 27.6 Å². The van der Waals surface area contributed by atoms with Gasteiger partial charge in [-0.3, -0.25) is 9.13 Å². The van der Waals surface area contributed by atoms with Gasteiger partial charge in [-0.15, -0.1) is 0 Å². The molecule has 0 aliphatic carbocycles. The van der Waals surface area contributed by atoms with Gasteiger partial charge < -0.3 is 4.90 Å². The zero-order valence-corrected chi connectivity index (χ0v) is 25.7. The summed E-state index contributed by atoms with van der Waals surface area (Å²) in [6.07, 6.45) is 5.77. The molecular formula is C41H31N5. The van der Waals surface area contributed by atoms with E-state index in [-0.39, 0.29) is 5.41 Å². The van der Waals surface area contributed by atoms with E-state index in [0.717, 1.165) is 45.3 Å². The summed E-state index contributed by atoms with van der Waals surface area (Å²) < 4.78 is 4.44. The highest BCUT2D eigenvalue weighted by atomic mass is 15.2. The van der Waals surface area contributed by atoms with Gasteiger partial charge in [0.05, 0.1) is 22.4 Å². The molecule has 9 rings (SSSR count). The third kappa shape index (κ3) is 3.88. The molecule has 5 nitrogen and oxygen atoms in total. The van der Waals surface area contributed by atoms with Crippen molar-refractivity contribution < 1.29 is 0 Å². The number of rotatable bonds is 4. The van der Waals surface area contributed by atoms with Crippen molar-refractivity contribution in [2.75, 3.05) is 4.90 Å². The van der Waals surface area contributed by atoms with Crippen molar-refractivity contribution in [3.8, 4) is 22.9 Å². The van der Waals surface area contributed by atoms with E-state index >= 15 is 0 Å². The summed E-state index contributed by atoms with van der Waals surface area (Å²) in [5.41, 5.74) is 10.2. The first-order valence-electron chi connectivity index (χ1n) is 15.7. The minimum absolute atomic E-state index is 0.192. The minimum atomic E-state index is -0.192. The fourth-order valence-electron chi connectivity index (χ4n) is 7.28. The molecule has 4 heterocycles. The van der Waals surface area contributed by atoms with Gasteiger partial charge in [0.1, 0.15) is 11.6 Å². The molecule has 0 saturated heterocycles. The maximum absolute atomic E-state index is 4.83. The molecule has 5 heteroatoms. The number of nitrogens with zero attached hydrogens (tertiary/aromatic N) is 5. The molecule has 0 saturated carbocycles. The van der Waals surface area contributed by atoms with Gasteiger partial charge in [0.25, 0.3) is 0 Å². The topological polar surface area (TPSA) is 38.9 Å². The van der Waals surface area contributed by atoms with Crippen molar-refractivity contribution in [2.45, 2.75) is 19.3 Å². The molecule has 0 amide bonds. The van der Waals surface area contributed by atoms with E-state index in [4.69, 9.17) is 9.97 Å². The molecule has 46 heavy (non-hydrogen) atoms. The Balaban J connectivity index is 1.30. The van der Waals surface area contributed by atoms with Gasteiger partial charge in [-0.25, -0.2) is 9.97 Å². The predicted octanol–water partition coefficient (Wildman–Crippen LogP) is 10.1. The van der Waals surface area contributed by atoms with Crippen LogP contribution in [0.25, 0.3) is 44.7 Å². The number of hydrogen-bond acceptors (Lipinski definition) is 3. The van der Waals surface area contributed by atoms with E-state index in [9.17, 15) is 0 Å². The van der Waals surface area contributed by atoms with Gasteiger partial charge >= 0.3 is 0 Å². The molecule has 0 unspecified atom stereocenters. The third-order valence-corrected chi connectivity index (χ3v) is 9.46. The molecule has 5 aromatic carbocycles. The number of para-hydroxylation sites is 3. The first-order chi connectivity index (χ1) is 22.6. The lowest BCUT2D eigenvalue weighted by Gasteiger charge is -2.42. The van der Waals surface area contributed by atoms with Crippen LogP contribution < -0.4 is 4.90 Å². The summed E-state index contributed by atoms with van der Waals surface area (Å²) in [5.74, 6) is 1.82. The maximum atomic E-state index is 4.83. The number of anilines is 3. The van der Waals surface area contributed by atoms with E-state index in [1.54, 1.807) is 0 Å². The van der Waals surface area contributed by atoms with E-state index in [0.29, 0.717) is 0 Å². The molecule has 8 aromatic rings. The first kappa shape index (κ1) is 26.5. The molecule has 0 spiro atoms. The van der Waals surface area contributed by atoms with Crippen LogP contribution in [0.1, 0.15) is 25.0 Å². The van der Waals surface area contributed by atoms with Crippen LogP contribution in [-0.4, -0.2) is 19.1 Å².